The molecule has 78 heavy (non-hydrogen) atoms. The van der Waals surface area contributed by atoms with Crippen LogP contribution in [-0.2, 0) is 0 Å². The molecule has 0 radical (unpaired) electrons. The first kappa shape index (κ1) is 47.3. The number of fused-ring (bicyclic) bond motifs is 6. The number of aryl methyl sites for hydroxylation is 8. The van der Waals surface area contributed by atoms with Gasteiger partial charge in [-0.3, -0.25) is 0 Å². The first-order chi connectivity index (χ1) is 37.8. The summed E-state index contributed by atoms with van der Waals surface area (Å²) in [6, 6.07) is 48.0. The van der Waals surface area contributed by atoms with Gasteiger partial charge >= 0.3 is 0 Å². The third kappa shape index (κ3) is 8.30. The van der Waals surface area contributed by atoms with Gasteiger partial charge in [0.15, 0.2) is 23.3 Å². The minimum atomic E-state index is 0.388. The van der Waals surface area contributed by atoms with Crippen molar-refractivity contribution < 1.29 is 0 Å². The van der Waals surface area contributed by atoms with Crippen LogP contribution in [-0.4, -0.2) is 73.9 Å². The van der Waals surface area contributed by atoms with Crippen molar-refractivity contribution in [1.82, 2.24) is 73.9 Å². The number of aromatic nitrogens is 15. The van der Waals surface area contributed by atoms with Gasteiger partial charge in [0.1, 0.15) is 58.2 Å². The number of pyridine rings is 1. The molecule has 0 atom stereocenters. The van der Waals surface area contributed by atoms with Crippen molar-refractivity contribution in [2.45, 2.75) is 55.4 Å². The van der Waals surface area contributed by atoms with Crippen LogP contribution in [0.2, 0.25) is 0 Å². The molecule has 0 spiro atoms. The van der Waals surface area contributed by atoms with Gasteiger partial charge in [-0.25, -0.2) is 64.8 Å². The highest BCUT2D eigenvalue weighted by molar-refractivity contribution is 6.13. The molecule has 374 valence electrons. The van der Waals surface area contributed by atoms with Crippen molar-refractivity contribution in [2.75, 3.05) is 0 Å². The summed E-state index contributed by atoms with van der Waals surface area (Å²) in [5.74, 6) is 7.04. The van der Waals surface area contributed by atoms with Gasteiger partial charge in [0.25, 0.3) is 0 Å². The number of benzene rings is 6. The Morgan fingerprint density at radius 2 is 0.603 bits per heavy atom. The topological polar surface area (TPSA) is 201 Å². The fourth-order valence-electron chi connectivity index (χ4n) is 10.7. The molecule has 0 unspecified atom stereocenters. The molecule has 16 heteroatoms. The molecule has 0 amide bonds. The Labute approximate surface area is 447 Å². The number of nitriles is 1. The maximum Gasteiger partial charge on any atom is 0.163 e. The fourth-order valence-corrected chi connectivity index (χ4v) is 10.7. The molecule has 13 rings (SSSR count). The predicted octanol–water partition coefficient (Wildman–Crippen LogP) is 12.4. The average Bonchev–Trinajstić information content (AvgIpc) is 4.10. The first-order valence-electron chi connectivity index (χ1n) is 25.4. The smallest absolute Gasteiger partial charge is 0.163 e. The molecule has 0 aliphatic rings. The van der Waals surface area contributed by atoms with E-state index in [9.17, 15) is 5.26 Å². The van der Waals surface area contributed by atoms with Gasteiger partial charge in [0.05, 0.1) is 44.8 Å². The Hall–Kier alpha value is -10.4. The largest absolute Gasteiger partial charge is 0.308 e. The van der Waals surface area contributed by atoms with Crippen molar-refractivity contribution in [1.29, 1.82) is 5.26 Å². The van der Waals surface area contributed by atoms with Crippen LogP contribution in [0, 0.1) is 66.7 Å². The Morgan fingerprint density at radius 1 is 0.295 bits per heavy atom. The summed E-state index contributed by atoms with van der Waals surface area (Å²) >= 11 is 0. The summed E-state index contributed by atoms with van der Waals surface area (Å²) < 4.78 is 4.34. The summed E-state index contributed by atoms with van der Waals surface area (Å²) in [5, 5.41) is 15.9. The molecule has 0 aliphatic carbocycles. The van der Waals surface area contributed by atoms with Gasteiger partial charge in [-0.1, -0.05) is 84.9 Å². The van der Waals surface area contributed by atoms with E-state index in [1.165, 1.54) is 0 Å². The van der Waals surface area contributed by atoms with Crippen molar-refractivity contribution in [3.8, 4) is 85.5 Å². The SMILES string of the molecule is Cc1nc(C)nc(-c2ccc3c4ccc(-c5nc(C)nc(C)n5)cc4n(-c4cc(-c5cccc(-c6ccccc6)n5)cc(-n5c6cc(-c7nc(C)nc(C)n7)ccc6c6ccc(-c7nc(C)nc(C)n7)cc65)c4C#N)c3c2)n1. The van der Waals surface area contributed by atoms with Gasteiger partial charge in [-0.2, -0.15) is 5.26 Å². The maximum atomic E-state index is 12.1. The van der Waals surface area contributed by atoms with Crippen molar-refractivity contribution in [3.05, 3.63) is 186 Å². The minimum Gasteiger partial charge on any atom is -0.308 e. The second-order valence-corrected chi connectivity index (χ2v) is 19.4. The van der Waals surface area contributed by atoms with E-state index in [0.29, 0.717) is 92.5 Å². The number of hydrogen-bond donors (Lipinski definition) is 0. The van der Waals surface area contributed by atoms with E-state index in [1.54, 1.807) is 0 Å². The van der Waals surface area contributed by atoms with Crippen LogP contribution in [0.3, 0.4) is 0 Å². The van der Waals surface area contributed by atoms with Crippen LogP contribution in [0.25, 0.3) is 123 Å². The highest BCUT2D eigenvalue weighted by Gasteiger charge is 2.26. The van der Waals surface area contributed by atoms with Crippen LogP contribution in [0.15, 0.2) is 133 Å². The highest BCUT2D eigenvalue weighted by Crippen LogP contribution is 2.43. The Morgan fingerprint density at radius 3 is 0.910 bits per heavy atom. The molecule has 0 N–H and O–H groups in total. The van der Waals surface area contributed by atoms with E-state index in [2.05, 4.69) is 108 Å². The van der Waals surface area contributed by atoms with Crippen LogP contribution >= 0.6 is 0 Å². The number of hydrogen-bond acceptors (Lipinski definition) is 14. The summed E-state index contributed by atoms with van der Waals surface area (Å²) in [6.45, 7) is 14.9. The average molecular weight is 1020 g/mol. The monoisotopic (exact) mass is 1010 g/mol. The molecule has 0 aliphatic heterocycles. The molecule has 0 fully saturated rings. The lowest BCUT2D eigenvalue weighted by atomic mass is 10.0. The second-order valence-electron chi connectivity index (χ2n) is 19.4. The van der Waals surface area contributed by atoms with Gasteiger partial charge in [-0.15, -0.1) is 0 Å². The summed E-state index contributed by atoms with van der Waals surface area (Å²) in [7, 11) is 0. The van der Waals surface area contributed by atoms with E-state index in [0.717, 1.165) is 82.7 Å². The molecular weight excluding hydrogens is 969 g/mol. The molecule has 0 bridgehead atoms. The first-order valence-corrected chi connectivity index (χ1v) is 25.4. The Bertz CT molecular complexity index is 4140. The second kappa shape index (κ2) is 18.5. The standard InChI is InChI=1S/C62H46N16/c1-32-64-33(2)69-59(68-32)41-17-21-46-47-22-18-42(60-70-34(3)65-35(4)71-60)26-54(47)77(53(46)25-41)57-29-45(52-16-12-15-51(76-52)40-13-10-9-11-14-40)30-58(50(57)31-63)78-55-27-43(61-72-36(5)66-37(6)73-61)19-23-48(55)49-24-20-44(28-56(49)78)62-74-38(7)67-39(8)75-62/h9-30H,1-8H3. The highest BCUT2D eigenvalue weighted by atomic mass is 15.1. The van der Waals surface area contributed by atoms with E-state index in [1.807, 2.05) is 116 Å². The van der Waals surface area contributed by atoms with Crippen LogP contribution < -0.4 is 0 Å². The lowest BCUT2D eigenvalue weighted by molar-refractivity contribution is 0.928. The summed E-state index contributed by atoms with van der Waals surface area (Å²) in [4.78, 5) is 61.7. The van der Waals surface area contributed by atoms with Crippen molar-refractivity contribution >= 4 is 43.6 Å². The molecule has 16 nitrogen and oxygen atoms in total. The third-order valence-electron chi connectivity index (χ3n) is 13.8. The number of nitrogens with zero attached hydrogens (tertiary/aromatic N) is 16. The molecule has 7 heterocycles. The van der Waals surface area contributed by atoms with Crippen LogP contribution in [0.4, 0.5) is 0 Å². The van der Waals surface area contributed by atoms with Crippen molar-refractivity contribution in [3.63, 3.8) is 0 Å². The zero-order valence-corrected chi connectivity index (χ0v) is 43.9. The minimum absolute atomic E-state index is 0.388. The van der Waals surface area contributed by atoms with E-state index < -0.39 is 0 Å². The normalized spacial score (nSPS) is 11.6. The van der Waals surface area contributed by atoms with Gasteiger partial charge in [0.2, 0.25) is 0 Å². The van der Waals surface area contributed by atoms with E-state index in [4.69, 9.17) is 44.9 Å². The van der Waals surface area contributed by atoms with Crippen LogP contribution in [0.1, 0.15) is 52.2 Å². The van der Waals surface area contributed by atoms with Gasteiger partial charge in [0, 0.05) is 54.9 Å². The molecular formula is C62H46N16. The number of rotatable bonds is 8. The van der Waals surface area contributed by atoms with Crippen molar-refractivity contribution in [2.24, 2.45) is 0 Å². The lowest BCUT2D eigenvalue weighted by Gasteiger charge is -2.19. The van der Waals surface area contributed by atoms with E-state index in [-0.39, 0.29) is 0 Å². The molecule has 13 aromatic rings. The molecule has 6 aromatic carbocycles. The summed E-state index contributed by atoms with van der Waals surface area (Å²) in [5.41, 5.74) is 11.2. The molecule has 0 saturated carbocycles. The summed E-state index contributed by atoms with van der Waals surface area (Å²) in [6.07, 6.45) is 0. The van der Waals surface area contributed by atoms with Gasteiger partial charge < -0.3 is 9.13 Å². The van der Waals surface area contributed by atoms with Gasteiger partial charge in [-0.05, 0) is 104 Å². The molecule has 0 saturated heterocycles. The predicted molar refractivity (Wildman–Crippen MR) is 302 cm³/mol. The quantitative estimate of drug-likeness (QED) is 0.139. The zero-order chi connectivity index (χ0) is 53.5. The fraction of sp³-hybridized carbons (Fsp3) is 0.129. The molecule has 7 aromatic heterocycles. The van der Waals surface area contributed by atoms with E-state index >= 15 is 0 Å². The third-order valence-corrected chi connectivity index (χ3v) is 13.8. The van der Waals surface area contributed by atoms with Crippen LogP contribution in [0.5, 0.6) is 0 Å². The Balaban J connectivity index is 1.18. The zero-order valence-electron chi connectivity index (χ0n) is 43.9. The Kier molecular flexibility index (Phi) is 11.2. The lowest BCUT2D eigenvalue weighted by Crippen LogP contribution is -2.06. The maximum absolute atomic E-state index is 12.1.